The van der Waals surface area contributed by atoms with Crippen LogP contribution in [0.1, 0.15) is 12.8 Å². The molecule has 1 saturated carbocycles. The zero-order valence-electron chi connectivity index (χ0n) is 10.5. The van der Waals surface area contributed by atoms with Crippen LogP contribution < -0.4 is 5.32 Å². The number of nitrogens with zero attached hydrogens (tertiary/aromatic N) is 1. The van der Waals surface area contributed by atoms with Crippen LogP contribution in [0.25, 0.3) is 0 Å². The van der Waals surface area contributed by atoms with Crippen molar-refractivity contribution in [2.75, 3.05) is 26.5 Å². The fourth-order valence-electron chi connectivity index (χ4n) is 2.01. The smallest absolute Gasteiger partial charge is 0.235 e. The first-order valence-corrected chi connectivity index (χ1v) is 7.58. The molecule has 1 aliphatic carbocycles. The van der Waals surface area contributed by atoms with Crippen molar-refractivity contribution in [1.29, 1.82) is 0 Å². The first kappa shape index (κ1) is 15.4. The molecule has 1 rings (SSSR count). The largest absolute Gasteiger partial charge is 0.396 e. The number of likely N-dealkylation sites (N-methyl/N-ethyl adjacent to an activating group) is 1. The number of carbonyl (C=O) groups is 1. The Bertz CT molecular complexity index is 397. The molecule has 8 heteroatoms. The van der Waals surface area contributed by atoms with E-state index in [4.69, 9.17) is 5.11 Å². The minimum absolute atomic E-state index is 0.114. The second-order valence-electron chi connectivity index (χ2n) is 4.76. The summed E-state index contributed by atoms with van der Waals surface area (Å²) in [5.74, 6) is -0.623. The van der Waals surface area contributed by atoms with E-state index in [1.807, 2.05) is 0 Å². The van der Waals surface area contributed by atoms with Gasteiger partial charge < -0.3 is 15.5 Å². The summed E-state index contributed by atoms with van der Waals surface area (Å²) >= 11 is 0. The van der Waals surface area contributed by atoms with Crippen molar-refractivity contribution in [3.63, 3.8) is 0 Å². The Morgan fingerprint density at radius 1 is 1.44 bits per heavy atom. The summed E-state index contributed by atoms with van der Waals surface area (Å²) in [5, 5.41) is 21.2. The minimum Gasteiger partial charge on any atom is -0.396 e. The molecule has 7 nitrogen and oxygen atoms in total. The Morgan fingerprint density at radius 2 is 2.06 bits per heavy atom. The lowest BCUT2D eigenvalue weighted by atomic mass is 10.1. The quantitative estimate of drug-likeness (QED) is 0.547. The number of aliphatic hydroxyl groups excluding tert-OH is 2. The minimum atomic E-state index is -3.37. The van der Waals surface area contributed by atoms with Crippen LogP contribution in [0, 0.1) is 5.92 Å². The predicted molar refractivity (Wildman–Crippen MR) is 65.2 cm³/mol. The molecule has 3 atom stereocenters. The molecular weight excluding hydrogens is 260 g/mol. The standard InChI is InChI=1S/C10H20N2O5S/c1-12(18(2,16)17)5-10(15)11-8-3-7(6-13)9(14)4-8/h7-9,13-14H,3-6H2,1-2H3,(H,11,15)/t7-,8+,9+/m1/s1. The Labute approximate surface area is 107 Å². The lowest BCUT2D eigenvalue weighted by molar-refractivity contribution is -0.121. The van der Waals surface area contributed by atoms with Gasteiger partial charge in [-0.15, -0.1) is 0 Å². The van der Waals surface area contributed by atoms with Gasteiger partial charge >= 0.3 is 0 Å². The lowest BCUT2D eigenvalue weighted by Crippen LogP contribution is -2.41. The Morgan fingerprint density at radius 3 is 2.50 bits per heavy atom. The van der Waals surface area contributed by atoms with E-state index < -0.39 is 22.0 Å². The van der Waals surface area contributed by atoms with Gasteiger partial charge in [0.2, 0.25) is 15.9 Å². The van der Waals surface area contributed by atoms with E-state index in [9.17, 15) is 18.3 Å². The van der Waals surface area contributed by atoms with Crippen molar-refractivity contribution < 1.29 is 23.4 Å². The molecule has 0 spiro atoms. The molecule has 0 aromatic rings. The maximum absolute atomic E-state index is 11.6. The van der Waals surface area contributed by atoms with E-state index in [0.717, 1.165) is 10.6 Å². The molecule has 0 unspecified atom stereocenters. The van der Waals surface area contributed by atoms with E-state index in [1.165, 1.54) is 7.05 Å². The highest BCUT2D eigenvalue weighted by atomic mass is 32.2. The van der Waals surface area contributed by atoms with Gasteiger partial charge in [0.15, 0.2) is 0 Å². The molecule has 1 fully saturated rings. The number of aliphatic hydroxyl groups is 2. The Hall–Kier alpha value is -0.700. The van der Waals surface area contributed by atoms with Gasteiger partial charge in [0.1, 0.15) is 0 Å². The van der Waals surface area contributed by atoms with Crippen molar-refractivity contribution in [1.82, 2.24) is 9.62 Å². The van der Waals surface area contributed by atoms with Crippen LogP contribution in [0.5, 0.6) is 0 Å². The van der Waals surface area contributed by atoms with Crippen molar-refractivity contribution in [3.05, 3.63) is 0 Å². The molecule has 0 aromatic heterocycles. The molecular formula is C10H20N2O5S. The molecule has 0 bridgehead atoms. The summed E-state index contributed by atoms with van der Waals surface area (Å²) in [6.07, 6.45) is 1.31. The summed E-state index contributed by atoms with van der Waals surface area (Å²) < 4.78 is 23.2. The zero-order chi connectivity index (χ0) is 13.9. The third-order valence-electron chi connectivity index (χ3n) is 3.19. The van der Waals surface area contributed by atoms with Gasteiger partial charge in [-0.05, 0) is 12.8 Å². The average molecular weight is 280 g/mol. The van der Waals surface area contributed by atoms with E-state index in [-0.39, 0.29) is 25.1 Å². The molecule has 0 radical (unpaired) electrons. The first-order valence-electron chi connectivity index (χ1n) is 5.73. The topological polar surface area (TPSA) is 107 Å². The number of sulfonamides is 1. The second kappa shape index (κ2) is 5.96. The second-order valence-corrected chi connectivity index (χ2v) is 6.85. The van der Waals surface area contributed by atoms with Gasteiger partial charge in [-0.3, -0.25) is 4.79 Å². The number of rotatable bonds is 5. The van der Waals surface area contributed by atoms with Gasteiger partial charge in [0, 0.05) is 25.6 Å². The summed E-state index contributed by atoms with van der Waals surface area (Å²) in [4.78, 5) is 11.6. The molecule has 0 heterocycles. The summed E-state index contributed by atoms with van der Waals surface area (Å²) in [6.45, 7) is -0.355. The van der Waals surface area contributed by atoms with Crippen LogP contribution in [0.15, 0.2) is 0 Å². The van der Waals surface area contributed by atoms with Crippen LogP contribution >= 0.6 is 0 Å². The van der Waals surface area contributed by atoms with Crippen LogP contribution in [0.4, 0.5) is 0 Å². The highest BCUT2D eigenvalue weighted by Crippen LogP contribution is 2.25. The molecule has 0 aliphatic heterocycles. The maximum atomic E-state index is 11.6. The highest BCUT2D eigenvalue weighted by molar-refractivity contribution is 7.88. The fourth-order valence-corrected chi connectivity index (χ4v) is 2.36. The normalized spacial score (nSPS) is 28.6. The molecule has 0 aromatic carbocycles. The van der Waals surface area contributed by atoms with Gasteiger partial charge in [-0.2, -0.15) is 4.31 Å². The first-order chi connectivity index (χ1) is 8.24. The average Bonchev–Trinajstić information content (AvgIpc) is 2.56. The number of nitrogens with one attached hydrogen (secondary N) is 1. The monoisotopic (exact) mass is 280 g/mol. The number of carbonyl (C=O) groups excluding carboxylic acids is 1. The third-order valence-corrected chi connectivity index (χ3v) is 4.45. The van der Waals surface area contributed by atoms with Crippen molar-refractivity contribution in [2.24, 2.45) is 5.92 Å². The summed E-state index contributed by atoms with van der Waals surface area (Å²) in [6, 6.07) is -0.211. The SMILES string of the molecule is CN(CC(=O)N[C@H]1C[C@H](CO)[C@@H](O)C1)S(C)(=O)=O. The molecule has 18 heavy (non-hydrogen) atoms. The highest BCUT2D eigenvalue weighted by Gasteiger charge is 2.33. The molecule has 106 valence electrons. The summed E-state index contributed by atoms with van der Waals surface area (Å²) in [5.41, 5.74) is 0. The Kier molecular flexibility index (Phi) is 5.09. The van der Waals surface area contributed by atoms with Crippen LogP contribution in [-0.4, -0.2) is 67.4 Å². The van der Waals surface area contributed by atoms with Gasteiger partial charge in [-0.25, -0.2) is 8.42 Å². The lowest BCUT2D eigenvalue weighted by Gasteiger charge is -2.16. The summed E-state index contributed by atoms with van der Waals surface area (Å²) in [7, 11) is -2.05. The molecule has 0 saturated heterocycles. The van der Waals surface area contributed by atoms with Crippen LogP contribution in [-0.2, 0) is 14.8 Å². The van der Waals surface area contributed by atoms with E-state index in [2.05, 4.69) is 5.32 Å². The molecule has 3 N–H and O–H groups in total. The third kappa shape index (κ3) is 4.20. The molecule has 1 amide bonds. The number of hydrogen-bond donors (Lipinski definition) is 3. The zero-order valence-corrected chi connectivity index (χ0v) is 11.4. The van der Waals surface area contributed by atoms with E-state index in [0.29, 0.717) is 12.8 Å². The van der Waals surface area contributed by atoms with Gasteiger partial charge in [-0.1, -0.05) is 0 Å². The maximum Gasteiger partial charge on any atom is 0.235 e. The van der Waals surface area contributed by atoms with Crippen molar-refractivity contribution >= 4 is 15.9 Å². The van der Waals surface area contributed by atoms with Crippen LogP contribution in [0.3, 0.4) is 0 Å². The van der Waals surface area contributed by atoms with E-state index >= 15 is 0 Å². The molecule has 1 aliphatic rings. The Balaban J connectivity index is 2.43. The van der Waals surface area contributed by atoms with Gasteiger partial charge in [0.25, 0.3) is 0 Å². The number of amides is 1. The van der Waals surface area contributed by atoms with Crippen LogP contribution in [0.2, 0.25) is 0 Å². The van der Waals surface area contributed by atoms with Crippen molar-refractivity contribution in [3.8, 4) is 0 Å². The van der Waals surface area contributed by atoms with Crippen molar-refractivity contribution in [2.45, 2.75) is 25.0 Å². The van der Waals surface area contributed by atoms with Gasteiger partial charge in [0.05, 0.1) is 18.9 Å². The fraction of sp³-hybridized carbons (Fsp3) is 0.900. The number of hydrogen-bond acceptors (Lipinski definition) is 5. The predicted octanol–water partition coefficient (Wildman–Crippen LogP) is -1.87. The van der Waals surface area contributed by atoms with E-state index in [1.54, 1.807) is 0 Å².